The highest BCUT2D eigenvalue weighted by Gasteiger charge is 2.19. The van der Waals surface area contributed by atoms with Crippen LogP contribution < -0.4 is 10.9 Å². The fourth-order valence-electron chi connectivity index (χ4n) is 3.94. The number of hydrogen-bond acceptors (Lipinski definition) is 5. The van der Waals surface area contributed by atoms with Gasteiger partial charge in [-0.25, -0.2) is 0 Å². The first-order chi connectivity index (χ1) is 15.4. The van der Waals surface area contributed by atoms with Crippen molar-refractivity contribution in [2.75, 3.05) is 0 Å². The summed E-state index contributed by atoms with van der Waals surface area (Å²) in [5, 5.41) is 13.7. The molecule has 0 saturated heterocycles. The van der Waals surface area contributed by atoms with E-state index in [1.807, 2.05) is 41.0 Å². The zero-order chi connectivity index (χ0) is 22.7. The fraction of sp³-hybridized carbons (Fsp3) is 0.417. The molecule has 0 bridgehead atoms. The molecule has 0 radical (unpaired) electrons. The molecule has 0 aliphatic rings. The summed E-state index contributed by atoms with van der Waals surface area (Å²) < 4.78 is 4.33. The van der Waals surface area contributed by atoms with Crippen LogP contribution in [0.3, 0.4) is 0 Å². The lowest BCUT2D eigenvalue weighted by molar-refractivity contribution is -0.121. The Hall–Kier alpha value is -3.00. The average molecular weight is 452 g/mol. The summed E-state index contributed by atoms with van der Waals surface area (Å²) in [4.78, 5) is 25.5. The minimum atomic E-state index is -0.0277. The van der Waals surface area contributed by atoms with E-state index in [0.29, 0.717) is 41.6 Å². The van der Waals surface area contributed by atoms with E-state index in [9.17, 15) is 9.59 Å². The summed E-state index contributed by atoms with van der Waals surface area (Å²) in [5.74, 6) is 1.55. The first-order valence-corrected chi connectivity index (χ1v) is 12.0. The van der Waals surface area contributed by atoms with Crippen LogP contribution in [0.1, 0.15) is 45.0 Å². The molecule has 0 spiro atoms. The number of benzene rings is 1. The van der Waals surface area contributed by atoms with E-state index in [2.05, 4.69) is 41.5 Å². The molecule has 0 unspecified atom stereocenters. The number of aromatic nitrogens is 4. The van der Waals surface area contributed by atoms with Gasteiger partial charge in [0, 0.05) is 25.4 Å². The molecule has 8 heteroatoms. The van der Waals surface area contributed by atoms with Crippen molar-refractivity contribution in [1.82, 2.24) is 24.5 Å². The van der Waals surface area contributed by atoms with Gasteiger partial charge in [0.05, 0.1) is 5.52 Å². The SMILES string of the molecule is CC(C)Cn1c(=O)c2sccc2n2c(CCC(=O)N[C@H](C)CCc3ccccc3)nnc12. The molecular weight excluding hydrogens is 422 g/mol. The molecule has 32 heavy (non-hydrogen) atoms. The number of aryl methyl sites for hydroxylation is 2. The second kappa shape index (κ2) is 9.65. The second-order valence-electron chi connectivity index (χ2n) is 8.69. The minimum absolute atomic E-state index is 0.000578. The third-order valence-electron chi connectivity index (χ3n) is 5.52. The second-order valence-corrected chi connectivity index (χ2v) is 9.61. The third-order valence-corrected chi connectivity index (χ3v) is 6.41. The fourth-order valence-corrected chi connectivity index (χ4v) is 4.77. The van der Waals surface area contributed by atoms with E-state index >= 15 is 0 Å². The summed E-state index contributed by atoms with van der Waals surface area (Å²) in [6.45, 7) is 6.75. The number of fused-ring (bicyclic) bond motifs is 3. The molecule has 1 N–H and O–H groups in total. The maximum absolute atomic E-state index is 12.9. The number of amides is 1. The zero-order valence-electron chi connectivity index (χ0n) is 18.7. The highest BCUT2D eigenvalue weighted by Crippen LogP contribution is 2.21. The van der Waals surface area contributed by atoms with Crippen LogP contribution in [-0.4, -0.2) is 31.1 Å². The van der Waals surface area contributed by atoms with E-state index in [1.165, 1.54) is 16.9 Å². The molecule has 7 nitrogen and oxygen atoms in total. The number of nitrogens with zero attached hydrogens (tertiary/aromatic N) is 4. The van der Waals surface area contributed by atoms with E-state index < -0.39 is 0 Å². The highest BCUT2D eigenvalue weighted by atomic mass is 32.1. The molecular formula is C24H29N5O2S. The molecule has 4 rings (SSSR count). The minimum Gasteiger partial charge on any atom is -0.354 e. The van der Waals surface area contributed by atoms with E-state index in [4.69, 9.17) is 0 Å². The van der Waals surface area contributed by atoms with E-state index in [-0.39, 0.29) is 17.5 Å². The van der Waals surface area contributed by atoms with Gasteiger partial charge < -0.3 is 5.32 Å². The van der Waals surface area contributed by atoms with E-state index in [1.54, 1.807) is 4.57 Å². The monoisotopic (exact) mass is 451 g/mol. The van der Waals surface area contributed by atoms with Crippen molar-refractivity contribution in [1.29, 1.82) is 0 Å². The van der Waals surface area contributed by atoms with E-state index in [0.717, 1.165) is 18.4 Å². The molecule has 0 fully saturated rings. The third kappa shape index (κ3) is 4.75. The zero-order valence-corrected chi connectivity index (χ0v) is 19.6. The van der Waals surface area contributed by atoms with Crippen LogP contribution in [0.5, 0.6) is 0 Å². The molecule has 168 valence electrons. The summed E-state index contributed by atoms with van der Waals surface area (Å²) in [6.07, 6.45) is 2.61. The van der Waals surface area contributed by atoms with Crippen LogP contribution in [0.4, 0.5) is 0 Å². The normalized spacial score (nSPS) is 12.6. The Kier molecular flexibility index (Phi) is 6.69. The van der Waals surface area contributed by atoms with Gasteiger partial charge in [0.1, 0.15) is 10.5 Å². The van der Waals surface area contributed by atoms with Crippen molar-refractivity contribution in [3.05, 3.63) is 63.5 Å². The summed E-state index contributed by atoms with van der Waals surface area (Å²) in [6, 6.07) is 12.3. The van der Waals surface area contributed by atoms with Crippen molar-refractivity contribution in [2.45, 2.75) is 59.0 Å². The first kappa shape index (κ1) is 22.2. The van der Waals surface area contributed by atoms with Crippen molar-refractivity contribution in [2.24, 2.45) is 5.92 Å². The van der Waals surface area contributed by atoms with Crippen molar-refractivity contribution >= 4 is 33.2 Å². The number of rotatable bonds is 9. The highest BCUT2D eigenvalue weighted by molar-refractivity contribution is 7.17. The van der Waals surface area contributed by atoms with Crippen molar-refractivity contribution < 1.29 is 4.79 Å². The molecule has 3 heterocycles. The quantitative estimate of drug-likeness (QED) is 0.419. The summed E-state index contributed by atoms with van der Waals surface area (Å²) >= 11 is 1.43. The molecule has 0 aliphatic carbocycles. The van der Waals surface area contributed by atoms with Crippen molar-refractivity contribution in [3.8, 4) is 0 Å². The summed E-state index contributed by atoms with van der Waals surface area (Å²) in [5.41, 5.74) is 2.06. The van der Waals surface area contributed by atoms with Crippen LogP contribution in [0.15, 0.2) is 46.6 Å². The predicted molar refractivity (Wildman–Crippen MR) is 128 cm³/mol. The van der Waals surface area contributed by atoms with Gasteiger partial charge in [0.2, 0.25) is 11.7 Å². The van der Waals surface area contributed by atoms with Gasteiger partial charge in [-0.05, 0) is 42.7 Å². The molecule has 1 aromatic carbocycles. The van der Waals surface area contributed by atoms with Gasteiger partial charge in [-0.2, -0.15) is 0 Å². The van der Waals surface area contributed by atoms with Gasteiger partial charge >= 0.3 is 0 Å². The lowest BCUT2D eigenvalue weighted by Gasteiger charge is -2.14. The topological polar surface area (TPSA) is 81.3 Å². The van der Waals surface area contributed by atoms with Gasteiger partial charge in [0.15, 0.2) is 0 Å². The average Bonchev–Trinajstić information content (AvgIpc) is 3.41. The molecule has 0 saturated carbocycles. The molecule has 1 atom stereocenters. The van der Waals surface area contributed by atoms with Crippen LogP contribution >= 0.6 is 11.3 Å². The Labute approximate surface area is 191 Å². The van der Waals surface area contributed by atoms with Crippen LogP contribution in [0.25, 0.3) is 16.0 Å². The Morgan fingerprint density at radius 2 is 1.88 bits per heavy atom. The van der Waals surface area contributed by atoms with Gasteiger partial charge in [-0.1, -0.05) is 44.2 Å². The van der Waals surface area contributed by atoms with Crippen LogP contribution in [-0.2, 0) is 24.2 Å². The number of thiophene rings is 1. The molecule has 3 aromatic heterocycles. The standard InChI is InChI=1S/C24H29N5O2S/c1-16(2)15-28-23(31)22-19(13-14-32-22)29-20(26-27-24(28)29)11-12-21(30)25-17(3)9-10-18-7-5-4-6-8-18/h4-8,13-14,16-17H,9-12,15H2,1-3H3,(H,25,30)/t17-/m1/s1. The number of nitrogens with one attached hydrogen (secondary N) is 1. The largest absolute Gasteiger partial charge is 0.354 e. The number of carbonyl (C=O) groups excluding carboxylic acids is 1. The maximum atomic E-state index is 12.9. The molecule has 1 amide bonds. The van der Waals surface area contributed by atoms with Crippen LogP contribution in [0, 0.1) is 5.92 Å². The maximum Gasteiger partial charge on any atom is 0.272 e. The van der Waals surface area contributed by atoms with Crippen molar-refractivity contribution in [3.63, 3.8) is 0 Å². The predicted octanol–water partition coefficient (Wildman–Crippen LogP) is 3.83. The van der Waals surface area contributed by atoms with Gasteiger partial charge in [-0.3, -0.25) is 18.6 Å². The Balaban J connectivity index is 1.46. The number of carbonyl (C=O) groups is 1. The lowest BCUT2D eigenvalue weighted by atomic mass is 10.1. The first-order valence-electron chi connectivity index (χ1n) is 11.1. The Morgan fingerprint density at radius 1 is 1.09 bits per heavy atom. The number of hydrogen-bond donors (Lipinski definition) is 1. The summed E-state index contributed by atoms with van der Waals surface area (Å²) in [7, 11) is 0. The van der Waals surface area contributed by atoms with Crippen LogP contribution in [0.2, 0.25) is 0 Å². The smallest absolute Gasteiger partial charge is 0.272 e. The molecule has 0 aliphatic heterocycles. The van der Waals surface area contributed by atoms with Gasteiger partial charge in [-0.15, -0.1) is 21.5 Å². The Morgan fingerprint density at radius 3 is 2.62 bits per heavy atom. The molecule has 4 aromatic rings. The lowest BCUT2D eigenvalue weighted by Crippen LogP contribution is -2.33. The Bertz CT molecular complexity index is 1270. The van der Waals surface area contributed by atoms with Gasteiger partial charge in [0.25, 0.3) is 5.56 Å².